The number of likely N-dealkylation sites (N-methyl/N-ethyl adjacent to an activating group) is 1. The summed E-state index contributed by atoms with van der Waals surface area (Å²) in [6, 6.07) is 5.76. The van der Waals surface area contributed by atoms with E-state index in [0.29, 0.717) is 30.6 Å². The quantitative estimate of drug-likeness (QED) is 0.916. The average molecular weight is 320 g/mol. The normalized spacial score (nSPS) is 26.3. The Kier molecular flexibility index (Phi) is 4.50. The largest absolute Gasteiger partial charge is 0.484 e. The van der Waals surface area contributed by atoms with Crippen molar-refractivity contribution in [3.8, 4) is 5.75 Å². The Labute approximate surface area is 134 Å². The third kappa shape index (κ3) is 3.63. The van der Waals surface area contributed by atoms with E-state index in [-0.39, 0.29) is 30.3 Å². The minimum absolute atomic E-state index is 0.0643. The van der Waals surface area contributed by atoms with Crippen LogP contribution >= 0.6 is 0 Å². The predicted octanol–water partition coefficient (Wildman–Crippen LogP) is 1.58. The minimum Gasteiger partial charge on any atom is -0.484 e. The molecular formula is C17H21FN2O3. The first-order chi connectivity index (χ1) is 11.0. The van der Waals surface area contributed by atoms with Gasteiger partial charge < -0.3 is 15.0 Å². The summed E-state index contributed by atoms with van der Waals surface area (Å²) >= 11 is 0. The Morgan fingerprint density at radius 3 is 2.74 bits per heavy atom. The molecule has 1 saturated heterocycles. The summed E-state index contributed by atoms with van der Waals surface area (Å²) in [6.07, 6.45) is 2.36. The summed E-state index contributed by atoms with van der Waals surface area (Å²) < 4.78 is 18.2. The van der Waals surface area contributed by atoms with Crippen LogP contribution in [0.4, 0.5) is 4.39 Å². The number of nitrogens with one attached hydrogen (secondary N) is 1. The lowest BCUT2D eigenvalue weighted by Crippen LogP contribution is -2.39. The van der Waals surface area contributed by atoms with E-state index in [4.69, 9.17) is 4.74 Å². The molecule has 3 rings (SSSR count). The lowest BCUT2D eigenvalue weighted by atomic mass is 9.89. The first kappa shape index (κ1) is 15.8. The summed E-state index contributed by atoms with van der Waals surface area (Å²) in [5, 5.41) is 2.90. The monoisotopic (exact) mass is 320 g/mol. The van der Waals surface area contributed by atoms with Gasteiger partial charge in [0.05, 0.1) is 0 Å². The smallest absolute Gasteiger partial charge is 0.260 e. The van der Waals surface area contributed by atoms with Crippen molar-refractivity contribution in [3.05, 3.63) is 30.1 Å². The molecule has 0 unspecified atom stereocenters. The molecule has 0 aromatic heterocycles. The fourth-order valence-electron chi connectivity index (χ4n) is 3.53. The number of carbonyl (C=O) groups is 2. The van der Waals surface area contributed by atoms with Crippen LogP contribution in [-0.4, -0.2) is 43.0 Å². The van der Waals surface area contributed by atoms with Gasteiger partial charge in [0.2, 0.25) is 5.91 Å². The van der Waals surface area contributed by atoms with Crippen molar-refractivity contribution >= 4 is 11.8 Å². The Bertz CT molecular complexity index is 590. The van der Waals surface area contributed by atoms with Crippen LogP contribution in [0, 0.1) is 17.7 Å². The second-order valence-electron chi connectivity index (χ2n) is 6.40. The Balaban J connectivity index is 1.51. The van der Waals surface area contributed by atoms with Gasteiger partial charge in [-0.1, -0.05) is 0 Å². The van der Waals surface area contributed by atoms with E-state index < -0.39 is 0 Å². The van der Waals surface area contributed by atoms with Crippen LogP contribution in [0.1, 0.15) is 19.3 Å². The molecule has 0 radical (unpaired) electrons. The second kappa shape index (κ2) is 6.56. The molecular weight excluding hydrogens is 299 g/mol. The molecule has 1 aromatic rings. The fourth-order valence-corrected chi connectivity index (χ4v) is 3.53. The van der Waals surface area contributed by atoms with Gasteiger partial charge in [-0.05, 0) is 48.9 Å². The van der Waals surface area contributed by atoms with Gasteiger partial charge >= 0.3 is 0 Å². The molecule has 3 atom stereocenters. The first-order valence-corrected chi connectivity index (χ1v) is 7.93. The molecule has 1 aromatic carbocycles. The van der Waals surface area contributed by atoms with Crippen LogP contribution in [-0.2, 0) is 9.59 Å². The van der Waals surface area contributed by atoms with Gasteiger partial charge in [0.1, 0.15) is 11.6 Å². The highest BCUT2D eigenvalue weighted by molar-refractivity contribution is 5.78. The van der Waals surface area contributed by atoms with Crippen molar-refractivity contribution in [2.75, 3.05) is 20.2 Å². The van der Waals surface area contributed by atoms with Gasteiger partial charge in [0.15, 0.2) is 6.61 Å². The maximum Gasteiger partial charge on any atom is 0.260 e. The van der Waals surface area contributed by atoms with Gasteiger partial charge in [-0.2, -0.15) is 0 Å². The molecule has 1 heterocycles. The number of carbonyl (C=O) groups excluding carboxylic acids is 2. The molecule has 1 aliphatic heterocycles. The van der Waals surface area contributed by atoms with Gasteiger partial charge in [-0.25, -0.2) is 4.39 Å². The Morgan fingerprint density at radius 2 is 2.00 bits per heavy atom. The minimum atomic E-state index is -0.336. The summed E-state index contributed by atoms with van der Waals surface area (Å²) in [5.74, 6) is 0.992. The van der Waals surface area contributed by atoms with E-state index in [1.54, 1.807) is 11.9 Å². The van der Waals surface area contributed by atoms with E-state index in [9.17, 15) is 14.0 Å². The van der Waals surface area contributed by atoms with E-state index in [2.05, 4.69) is 5.32 Å². The molecule has 0 bridgehead atoms. The van der Waals surface area contributed by atoms with E-state index in [0.717, 1.165) is 12.8 Å². The SMILES string of the molecule is CN(C(=O)COc1ccc(F)cc1)[C@H]1C[C@H]2CC(=O)NC[C@H]2C1. The Hall–Kier alpha value is -2.11. The fraction of sp³-hybridized carbons (Fsp3) is 0.529. The zero-order valence-corrected chi connectivity index (χ0v) is 13.1. The van der Waals surface area contributed by atoms with Crippen molar-refractivity contribution in [1.82, 2.24) is 10.2 Å². The molecule has 1 aliphatic carbocycles. The van der Waals surface area contributed by atoms with Crippen LogP contribution in [0.3, 0.4) is 0 Å². The number of fused-ring (bicyclic) bond motifs is 1. The van der Waals surface area contributed by atoms with Gasteiger partial charge in [0.25, 0.3) is 5.91 Å². The summed E-state index contributed by atoms with van der Waals surface area (Å²) in [7, 11) is 1.79. The summed E-state index contributed by atoms with van der Waals surface area (Å²) in [5.41, 5.74) is 0. The highest BCUT2D eigenvalue weighted by atomic mass is 19.1. The van der Waals surface area contributed by atoms with Crippen molar-refractivity contribution in [2.45, 2.75) is 25.3 Å². The topological polar surface area (TPSA) is 58.6 Å². The van der Waals surface area contributed by atoms with Crippen molar-refractivity contribution < 1.29 is 18.7 Å². The number of benzene rings is 1. The van der Waals surface area contributed by atoms with E-state index >= 15 is 0 Å². The van der Waals surface area contributed by atoms with Crippen molar-refractivity contribution in [2.24, 2.45) is 11.8 Å². The number of rotatable bonds is 4. The lowest BCUT2D eigenvalue weighted by molar-refractivity contribution is -0.134. The highest BCUT2D eigenvalue weighted by Crippen LogP contribution is 2.38. The number of nitrogens with zero attached hydrogens (tertiary/aromatic N) is 1. The lowest BCUT2D eigenvalue weighted by Gasteiger charge is -2.24. The second-order valence-corrected chi connectivity index (χ2v) is 6.40. The first-order valence-electron chi connectivity index (χ1n) is 7.93. The van der Waals surface area contributed by atoms with Crippen LogP contribution in [0.25, 0.3) is 0 Å². The highest BCUT2D eigenvalue weighted by Gasteiger charge is 2.40. The van der Waals surface area contributed by atoms with Crippen LogP contribution < -0.4 is 10.1 Å². The third-order valence-electron chi connectivity index (χ3n) is 4.94. The molecule has 1 N–H and O–H groups in total. The standard InChI is InChI=1S/C17H21FN2O3/c1-20(14-6-11-8-16(21)19-9-12(11)7-14)17(22)10-23-15-4-2-13(18)3-5-15/h2-5,11-12,14H,6-10H2,1H3,(H,19,21)/t11-,12+,14-/m0/s1. The molecule has 2 amide bonds. The summed E-state index contributed by atoms with van der Waals surface area (Å²) in [4.78, 5) is 25.5. The van der Waals surface area contributed by atoms with Gasteiger partial charge in [-0.15, -0.1) is 0 Å². The van der Waals surface area contributed by atoms with Crippen molar-refractivity contribution in [1.29, 1.82) is 0 Å². The predicted molar refractivity (Wildman–Crippen MR) is 82.3 cm³/mol. The van der Waals surface area contributed by atoms with Crippen LogP contribution in [0.5, 0.6) is 5.75 Å². The zero-order chi connectivity index (χ0) is 16.4. The van der Waals surface area contributed by atoms with E-state index in [1.807, 2.05) is 0 Å². The molecule has 2 aliphatic rings. The van der Waals surface area contributed by atoms with Crippen LogP contribution in [0.2, 0.25) is 0 Å². The maximum atomic E-state index is 12.8. The molecule has 23 heavy (non-hydrogen) atoms. The van der Waals surface area contributed by atoms with Crippen LogP contribution in [0.15, 0.2) is 24.3 Å². The molecule has 124 valence electrons. The van der Waals surface area contributed by atoms with Gasteiger partial charge in [-0.3, -0.25) is 9.59 Å². The third-order valence-corrected chi connectivity index (χ3v) is 4.94. The number of halogens is 1. The summed E-state index contributed by atoms with van der Waals surface area (Å²) in [6.45, 7) is 0.652. The number of ether oxygens (including phenoxy) is 1. The number of hydrogen-bond acceptors (Lipinski definition) is 3. The zero-order valence-electron chi connectivity index (χ0n) is 13.1. The molecule has 5 nitrogen and oxygen atoms in total. The number of amides is 2. The molecule has 6 heteroatoms. The average Bonchev–Trinajstić information content (AvgIpc) is 2.96. The number of hydrogen-bond donors (Lipinski definition) is 1. The Morgan fingerprint density at radius 1 is 1.30 bits per heavy atom. The van der Waals surface area contributed by atoms with Crippen molar-refractivity contribution in [3.63, 3.8) is 0 Å². The van der Waals surface area contributed by atoms with E-state index in [1.165, 1.54) is 24.3 Å². The molecule has 2 fully saturated rings. The number of piperidine rings is 1. The maximum absolute atomic E-state index is 12.8. The molecule has 1 saturated carbocycles. The van der Waals surface area contributed by atoms with Gasteiger partial charge in [0, 0.05) is 26.1 Å². The molecule has 0 spiro atoms.